The molecule has 47 heavy (non-hydrogen) atoms. The van der Waals surface area contributed by atoms with Crippen LogP contribution in [0.4, 0.5) is 0 Å². The molecule has 5 saturated carbocycles. The van der Waals surface area contributed by atoms with E-state index in [-0.39, 0.29) is 75.6 Å². The SMILES string of the molecule is CC(=O)O[C@H](C[C@@H](C)[C@H]1C(=O)[C@H](O)[C@@]2(C)[C@@H]3CC[C@@H]4C(C)(C)[C@@H](O[C@@H]5OC[C@@H](O)[C@H](O)[C@H]5O)CC[C@@]45C[C@@]35CC[C@]12C)[C@@H]1OC1(C)C. The molecule has 0 bridgehead atoms. The molecule has 10 nitrogen and oxygen atoms in total. The van der Waals surface area contributed by atoms with Crippen LogP contribution in [0.1, 0.15) is 107 Å². The summed E-state index contributed by atoms with van der Waals surface area (Å²) in [5, 5.41) is 42.8. The zero-order valence-corrected chi connectivity index (χ0v) is 29.5. The highest BCUT2D eigenvalue weighted by molar-refractivity contribution is 5.90. The predicted molar refractivity (Wildman–Crippen MR) is 170 cm³/mol. The van der Waals surface area contributed by atoms with Gasteiger partial charge in [-0.1, -0.05) is 34.6 Å². The van der Waals surface area contributed by atoms with E-state index < -0.39 is 42.2 Å². The maximum Gasteiger partial charge on any atom is 0.302 e. The first-order valence-electron chi connectivity index (χ1n) is 18.2. The van der Waals surface area contributed by atoms with Crippen LogP contribution in [0.25, 0.3) is 0 Å². The van der Waals surface area contributed by atoms with Crippen molar-refractivity contribution in [1.29, 1.82) is 0 Å². The summed E-state index contributed by atoms with van der Waals surface area (Å²) >= 11 is 0. The van der Waals surface area contributed by atoms with Crippen LogP contribution in [-0.4, -0.2) is 93.4 Å². The number of epoxide rings is 1. The molecule has 0 unspecified atom stereocenters. The molecule has 0 aromatic rings. The Balaban J connectivity index is 1.12. The number of carbonyl (C=O) groups excluding carboxylic acids is 2. The Hall–Kier alpha value is -1.14. The number of Topliss-reactive ketones (excluding diaryl/α,β-unsaturated/α-hetero) is 1. The minimum absolute atomic E-state index is 0.0512. The van der Waals surface area contributed by atoms with Gasteiger partial charge < -0.3 is 39.4 Å². The number of hydrogen-bond donors (Lipinski definition) is 4. The van der Waals surface area contributed by atoms with Gasteiger partial charge in [0.2, 0.25) is 0 Å². The van der Waals surface area contributed by atoms with Crippen molar-refractivity contribution in [3.8, 4) is 0 Å². The van der Waals surface area contributed by atoms with Gasteiger partial charge in [0, 0.05) is 18.3 Å². The molecule has 2 spiro atoms. The van der Waals surface area contributed by atoms with Gasteiger partial charge in [0.05, 0.1) is 18.3 Å². The highest BCUT2D eigenvalue weighted by Gasteiger charge is 2.84. The van der Waals surface area contributed by atoms with Crippen LogP contribution in [0.15, 0.2) is 0 Å². The van der Waals surface area contributed by atoms with Crippen molar-refractivity contribution in [1.82, 2.24) is 0 Å². The highest BCUT2D eigenvalue weighted by atomic mass is 16.7. The van der Waals surface area contributed by atoms with Crippen LogP contribution in [-0.2, 0) is 28.5 Å². The third-order valence-corrected chi connectivity index (χ3v) is 15.7. The third-order valence-electron chi connectivity index (χ3n) is 15.7. The Kier molecular flexibility index (Phi) is 7.80. The van der Waals surface area contributed by atoms with Gasteiger partial charge >= 0.3 is 5.97 Å². The Morgan fingerprint density at radius 1 is 0.936 bits per heavy atom. The maximum atomic E-state index is 14.2. The molecule has 0 aromatic heterocycles. The molecule has 5 aliphatic carbocycles. The first-order chi connectivity index (χ1) is 21.8. The lowest BCUT2D eigenvalue weighted by atomic mass is 9.41. The van der Waals surface area contributed by atoms with Crippen molar-refractivity contribution in [3.05, 3.63) is 0 Å². The molecule has 4 N–H and O–H groups in total. The first kappa shape index (κ1) is 34.3. The summed E-state index contributed by atoms with van der Waals surface area (Å²) in [6.45, 7) is 16.4. The Morgan fingerprint density at radius 3 is 2.21 bits per heavy atom. The van der Waals surface area contributed by atoms with Gasteiger partial charge in [0.15, 0.2) is 12.1 Å². The molecule has 16 atom stereocenters. The molecule has 2 saturated heterocycles. The van der Waals surface area contributed by atoms with E-state index in [2.05, 4.69) is 34.6 Å². The average molecular weight is 663 g/mol. The predicted octanol–water partition coefficient (Wildman–Crippen LogP) is 3.53. The van der Waals surface area contributed by atoms with E-state index in [4.69, 9.17) is 18.9 Å². The Labute approximate surface area is 279 Å². The molecule has 2 aliphatic heterocycles. The highest BCUT2D eigenvalue weighted by Crippen LogP contribution is 2.89. The van der Waals surface area contributed by atoms with E-state index in [1.54, 1.807) is 0 Å². The molecular formula is C37H58O10. The lowest BCUT2D eigenvalue weighted by molar-refractivity contribution is -0.303. The molecule has 0 aromatic carbocycles. The number of carbonyl (C=O) groups is 2. The van der Waals surface area contributed by atoms with Gasteiger partial charge in [-0.05, 0) is 105 Å². The zero-order chi connectivity index (χ0) is 34.3. The zero-order valence-electron chi connectivity index (χ0n) is 29.5. The lowest BCUT2D eigenvalue weighted by Crippen LogP contribution is -2.61. The minimum atomic E-state index is -1.31. The number of esters is 1. The number of rotatable bonds is 7. The van der Waals surface area contributed by atoms with Crippen LogP contribution in [0.3, 0.4) is 0 Å². The number of fused-ring (bicyclic) bond motifs is 2. The largest absolute Gasteiger partial charge is 0.460 e. The summed E-state index contributed by atoms with van der Waals surface area (Å²) in [4.78, 5) is 26.3. The number of hydrogen-bond acceptors (Lipinski definition) is 10. The Bertz CT molecular complexity index is 1300. The van der Waals surface area contributed by atoms with Crippen molar-refractivity contribution in [3.63, 3.8) is 0 Å². The molecule has 2 heterocycles. The van der Waals surface area contributed by atoms with Gasteiger partial charge in [0.1, 0.15) is 36.6 Å². The van der Waals surface area contributed by atoms with Crippen LogP contribution < -0.4 is 0 Å². The molecular weight excluding hydrogens is 604 g/mol. The van der Waals surface area contributed by atoms with E-state index in [9.17, 15) is 30.0 Å². The van der Waals surface area contributed by atoms with Crippen molar-refractivity contribution < 1.29 is 49.0 Å². The molecule has 10 heteroatoms. The topological polar surface area (TPSA) is 155 Å². The van der Waals surface area contributed by atoms with E-state index in [1.807, 2.05) is 13.8 Å². The van der Waals surface area contributed by atoms with Gasteiger partial charge in [-0.2, -0.15) is 0 Å². The molecule has 7 aliphatic rings. The van der Waals surface area contributed by atoms with Crippen molar-refractivity contribution in [2.75, 3.05) is 6.61 Å². The van der Waals surface area contributed by atoms with Gasteiger partial charge in [-0.3, -0.25) is 9.59 Å². The summed E-state index contributed by atoms with van der Waals surface area (Å²) in [5.74, 6) is -0.211. The van der Waals surface area contributed by atoms with Crippen LogP contribution in [0, 0.1) is 50.7 Å². The fourth-order valence-corrected chi connectivity index (χ4v) is 13.2. The standard InChI is InChI=1S/C37H58O10/c1-18(15-21(45-19(2)38)30-33(5,6)47-30)25-27(41)29(43)35(8)23-10-9-22-32(3,4)24(46-31-28(42)26(40)20(39)16-44-31)11-12-36(22)17-37(23,36)14-13-34(25,35)7/h18,20-26,28-31,39-40,42-43H,9-17H2,1-8H3/t18-,20-,21-,22-,23+,24+,25+,26+,28-,29+,30+,31+,34-,35-,36-,37+/m1/s1. The van der Waals surface area contributed by atoms with E-state index >= 15 is 0 Å². The minimum Gasteiger partial charge on any atom is -0.460 e. The summed E-state index contributed by atoms with van der Waals surface area (Å²) in [6, 6.07) is 0. The summed E-state index contributed by atoms with van der Waals surface area (Å²) in [5.41, 5.74) is -1.34. The molecule has 0 amide bonds. The second kappa shape index (κ2) is 10.7. The quantitative estimate of drug-likeness (QED) is 0.181. The maximum absolute atomic E-state index is 14.2. The fraction of sp³-hybridized carbons (Fsp3) is 0.946. The van der Waals surface area contributed by atoms with Crippen molar-refractivity contribution in [2.45, 2.75) is 161 Å². The van der Waals surface area contributed by atoms with Crippen molar-refractivity contribution in [2.24, 2.45) is 50.7 Å². The van der Waals surface area contributed by atoms with Crippen LogP contribution >= 0.6 is 0 Å². The normalized spacial score (nSPS) is 53.5. The van der Waals surface area contributed by atoms with Crippen LogP contribution in [0.2, 0.25) is 0 Å². The molecule has 266 valence electrons. The van der Waals surface area contributed by atoms with Crippen LogP contribution in [0.5, 0.6) is 0 Å². The molecule has 0 radical (unpaired) electrons. The molecule has 7 fully saturated rings. The number of aliphatic hydroxyl groups is 4. The van der Waals surface area contributed by atoms with Gasteiger partial charge in [-0.25, -0.2) is 0 Å². The van der Waals surface area contributed by atoms with Gasteiger partial charge in [-0.15, -0.1) is 0 Å². The number of ether oxygens (including phenoxy) is 4. The Morgan fingerprint density at radius 2 is 1.57 bits per heavy atom. The summed E-state index contributed by atoms with van der Waals surface area (Å²) in [7, 11) is 0. The average Bonchev–Trinajstić information content (AvgIpc) is 3.84. The van der Waals surface area contributed by atoms with Crippen molar-refractivity contribution >= 4 is 11.8 Å². The third kappa shape index (κ3) is 4.53. The number of ketones is 1. The second-order valence-electron chi connectivity index (χ2n) is 18.4. The van der Waals surface area contributed by atoms with Gasteiger partial charge in [0.25, 0.3) is 0 Å². The van der Waals surface area contributed by atoms with E-state index in [1.165, 1.54) is 6.92 Å². The summed E-state index contributed by atoms with van der Waals surface area (Å²) < 4.78 is 23.7. The molecule has 7 rings (SSSR count). The van der Waals surface area contributed by atoms with E-state index in [0.29, 0.717) is 12.3 Å². The fourth-order valence-electron chi connectivity index (χ4n) is 13.2. The summed E-state index contributed by atoms with van der Waals surface area (Å²) in [6.07, 6.45) is 0.666. The number of aliphatic hydroxyl groups excluding tert-OH is 4. The second-order valence-corrected chi connectivity index (χ2v) is 18.4. The van der Waals surface area contributed by atoms with E-state index in [0.717, 1.165) is 44.9 Å². The smallest absolute Gasteiger partial charge is 0.302 e. The monoisotopic (exact) mass is 662 g/mol. The lowest BCUT2D eigenvalue weighted by Gasteiger charge is -2.63. The first-order valence-corrected chi connectivity index (χ1v) is 18.2.